The average molecular weight is 467 g/mol. The first-order chi connectivity index (χ1) is 17.0. The lowest BCUT2D eigenvalue weighted by Gasteiger charge is -2.10. The lowest BCUT2D eigenvalue weighted by atomic mass is 10.1. The summed E-state index contributed by atoms with van der Waals surface area (Å²) in [6, 6.07) is 24.4. The van der Waals surface area contributed by atoms with E-state index in [1.54, 1.807) is 32.4 Å². The van der Waals surface area contributed by atoms with Gasteiger partial charge in [-0.2, -0.15) is 5.10 Å². The van der Waals surface area contributed by atoms with E-state index in [-0.39, 0.29) is 11.7 Å². The number of ether oxygens (including phenoxy) is 1. The summed E-state index contributed by atoms with van der Waals surface area (Å²) in [6.45, 7) is 2.25. The van der Waals surface area contributed by atoms with Gasteiger partial charge in [-0.05, 0) is 48.9 Å². The third kappa shape index (κ3) is 6.00. The van der Waals surface area contributed by atoms with Crippen molar-refractivity contribution in [1.29, 1.82) is 0 Å². The number of hydrogen-bond donors (Lipinski definition) is 3. The molecule has 0 saturated carbocycles. The van der Waals surface area contributed by atoms with Gasteiger partial charge in [0.1, 0.15) is 11.4 Å². The van der Waals surface area contributed by atoms with Crippen LogP contribution >= 0.6 is 0 Å². The standard InChI is InChI=1S/C27H26N6O2/c1-18(32-33-22-11-13-23(35-2)14-12-22)25-26(28)29-17-24(31-25)20-9-6-10-21(15-20)27(34)30-16-19-7-4-3-5-8-19/h3-15,17,33H,16H2,1-2H3,(H2,28,29)(H,30,34). The molecule has 0 aliphatic rings. The molecule has 0 atom stereocenters. The smallest absolute Gasteiger partial charge is 0.251 e. The van der Waals surface area contributed by atoms with Gasteiger partial charge in [0.2, 0.25) is 0 Å². The molecule has 4 aromatic rings. The van der Waals surface area contributed by atoms with E-state index in [0.29, 0.717) is 29.2 Å². The predicted molar refractivity (Wildman–Crippen MR) is 138 cm³/mol. The fourth-order valence-electron chi connectivity index (χ4n) is 3.37. The Morgan fingerprint density at radius 2 is 1.80 bits per heavy atom. The van der Waals surface area contributed by atoms with Crippen LogP contribution in [0.25, 0.3) is 11.3 Å². The largest absolute Gasteiger partial charge is 0.497 e. The summed E-state index contributed by atoms with van der Waals surface area (Å²) < 4.78 is 5.17. The number of anilines is 2. The van der Waals surface area contributed by atoms with Crippen LogP contribution in [0.3, 0.4) is 0 Å². The van der Waals surface area contributed by atoms with Gasteiger partial charge in [-0.15, -0.1) is 0 Å². The maximum Gasteiger partial charge on any atom is 0.251 e. The lowest BCUT2D eigenvalue weighted by Crippen LogP contribution is -2.22. The average Bonchev–Trinajstić information content (AvgIpc) is 2.91. The summed E-state index contributed by atoms with van der Waals surface area (Å²) in [6.07, 6.45) is 1.59. The van der Waals surface area contributed by atoms with Gasteiger partial charge >= 0.3 is 0 Å². The van der Waals surface area contributed by atoms with Crippen LogP contribution in [0.4, 0.5) is 11.5 Å². The number of rotatable bonds is 8. The molecule has 0 fully saturated rings. The zero-order chi connectivity index (χ0) is 24.6. The molecule has 1 heterocycles. The zero-order valence-corrected chi connectivity index (χ0v) is 19.5. The number of nitrogens with two attached hydrogens (primary N) is 1. The van der Waals surface area contributed by atoms with Crippen LogP contribution < -0.4 is 21.2 Å². The molecule has 0 spiro atoms. The van der Waals surface area contributed by atoms with Gasteiger partial charge in [0, 0.05) is 17.7 Å². The van der Waals surface area contributed by atoms with Crippen molar-refractivity contribution in [2.24, 2.45) is 5.10 Å². The van der Waals surface area contributed by atoms with Crippen molar-refractivity contribution in [3.63, 3.8) is 0 Å². The molecule has 4 N–H and O–H groups in total. The Kier molecular flexibility index (Phi) is 7.32. The van der Waals surface area contributed by atoms with Crippen LogP contribution in [0, 0.1) is 0 Å². The highest BCUT2D eigenvalue weighted by molar-refractivity contribution is 6.01. The molecule has 1 aromatic heterocycles. The molecule has 35 heavy (non-hydrogen) atoms. The highest BCUT2D eigenvalue weighted by atomic mass is 16.5. The Morgan fingerprint density at radius 3 is 2.54 bits per heavy atom. The van der Waals surface area contributed by atoms with Gasteiger partial charge in [-0.3, -0.25) is 10.2 Å². The molecule has 0 bridgehead atoms. The number of amides is 1. The number of hydrogen-bond acceptors (Lipinski definition) is 7. The molecule has 4 rings (SSSR count). The van der Waals surface area contributed by atoms with Crippen LogP contribution in [0.2, 0.25) is 0 Å². The minimum Gasteiger partial charge on any atom is -0.497 e. The molecular formula is C27H26N6O2. The van der Waals surface area contributed by atoms with E-state index < -0.39 is 0 Å². The first-order valence-corrected chi connectivity index (χ1v) is 11.0. The summed E-state index contributed by atoms with van der Waals surface area (Å²) in [5.41, 5.74) is 13.8. The fraction of sp³-hybridized carbons (Fsp3) is 0.111. The summed E-state index contributed by atoms with van der Waals surface area (Å²) >= 11 is 0. The van der Waals surface area contributed by atoms with Crippen molar-refractivity contribution in [2.75, 3.05) is 18.3 Å². The number of nitrogens with one attached hydrogen (secondary N) is 2. The van der Waals surface area contributed by atoms with Gasteiger partial charge in [-0.1, -0.05) is 42.5 Å². The summed E-state index contributed by atoms with van der Waals surface area (Å²) in [5.74, 6) is 0.860. The maximum atomic E-state index is 12.7. The van der Waals surface area contributed by atoms with Gasteiger partial charge in [-0.25, -0.2) is 9.97 Å². The first-order valence-electron chi connectivity index (χ1n) is 11.0. The number of nitrogen functional groups attached to an aromatic ring is 1. The summed E-state index contributed by atoms with van der Waals surface area (Å²) in [5, 5.41) is 7.34. The minimum atomic E-state index is -0.166. The second kappa shape index (κ2) is 10.9. The summed E-state index contributed by atoms with van der Waals surface area (Å²) in [4.78, 5) is 21.6. The third-order valence-electron chi connectivity index (χ3n) is 5.30. The first kappa shape index (κ1) is 23.4. The molecule has 0 unspecified atom stereocenters. The third-order valence-corrected chi connectivity index (χ3v) is 5.30. The zero-order valence-electron chi connectivity index (χ0n) is 19.5. The Bertz CT molecular complexity index is 1340. The van der Waals surface area contributed by atoms with E-state index in [9.17, 15) is 4.79 Å². The topological polar surface area (TPSA) is 115 Å². The van der Waals surface area contributed by atoms with Crippen molar-refractivity contribution in [2.45, 2.75) is 13.5 Å². The SMILES string of the molecule is COc1ccc(NN=C(C)c2nc(-c3cccc(C(=O)NCc4ccccc4)c3)cnc2N)cc1. The number of carbonyl (C=O) groups excluding carboxylic acids is 1. The lowest BCUT2D eigenvalue weighted by molar-refractivity contribution is 0.0951. The second-order valence-corrected chi connectivity index (χ2v) is 7.78. The molecule has 8 nitrogen and oxygen atoms in total. The van der Waals surface area contributed by atoms with Gasteiger partial charge < -0.3 is 15.8 Å². The highest BCUT2D eigenvalue weighted by Gasteiger charge is 2.12. The van der Waals surface area contributed by atoms with Crippen molar-refractivity contribution < 1.29 is 9.53 Å². The molecular weight excluding hydrogens is 440 g/mol. The van der Waals surface area contributed by atoms with Crippen LogP contribution in [-0.2, 0) is 6.54 Å². The quantitative estimate of drug-likeness (QED) is 0.260. The highest BCUT2D eigenvalue weighted by Crippen LogP contribution is 2.21. The fourth-order valence-corrected chi connectivity index (χ4v) is 3.37. The number of aromatic nitrogens is 2. The van der Waals surface area contributed by atoms with E-state index in [2.05, 4.69) is 25.8 Å². The number of methoxy groups -OCH3 is 1. The van der Waals surface area contributed by atoms with E-state index in [4.69, 9.17) is 10.5 Å². The molecule has 0 aliphatic carbocycles. The van der Waals surface area contributed by atoms with Crippen molar-refractivity contribution >= 4 is 23.1 Å². The Labute approximate surface area is 203 Å². The van der Waals surface area contributed by atoms with Crippen LogP contribution in [0.15, 0.2) is 90.2 Å². The molecule has 176 valence electrons. The molecule has 3 aromatic carbocycles. The maximum absolute atomic E-state index is 12.7. The van der Waals surface area contributed by atoms with Crippen molar-refractivity contribution in [3.05, 3.63) is 102 Å². The van der Waals surface area contributed by atoms with Crippen molar-refractivity contribution in [1.82, 2.24) is 15.3 Å². The number of hydrazone groups is 1. The Hall–Kier alpha value is -4.72. The van der Waals surface area contributed by atoms with E-state index in [1.807, 2.05) is 66.7 Å². The number of nitrogens with zero attached hydrogens (tertiary/aromatic N) is 3. The van der Waals surface area contributed by atoms with Crippen LogP contribution in [0.5, 0.6) is 5.75 Å². The van der Waals surface area contributed by atoms with E-state index in [0.717, 1.165) is 22.6 Å². The second-order valence-electron chi connectivity index (χ2n) is 7.78. The Balaban J connectivity index is 1.51. The van der Waals surface area contributed by atoms with Crippen molar-refractivity contribution in [3.8, 4) is 17.0 Å². The normalized spacial score (nSPS) is 11.1. The number of carbonyl (C=O) groups is 1. The molecule has 0 saturated heterocycles. The Morgan fingerprint density at radius 1 is 1.03 bits per heavy atom. The van der Waals surface area contributed by atoms with Gasteiger partial charge in [0.05, 0.1) is 30.4 Å². The van der Waals surface area contributed by atoms with E-state index in [1.165, 1.54) is 0 Å². The predicted octanol–water partition coefficient (Wildman–Crippen LogP) is 4.50. The minimum absolute atomic E-state index is 0.166. The van der Waals surface area contributed by atoms with Crippen LogP contribution in [-0.4, -0.2) is 28.7 Å². The van der Waals surface area contributed by atoms with E-state index >= 15 is 0 Å². The number of benzene rings is 3. The van der Waals surface area contributed by atoms with Gasteiger partial charge in [0.15, 0.2) is 5.82 Å². The van der Waals surface area contributed by atoms with Crippen LogP contribution in [0.1, 0.15) is 28.5 Å². The summed E-state index contributed by atoms with van der Waals surface area (Å²) in [7, 11) is 1.62. The molecule has 0 radical (unpaired) electrons. The molecule has 0 aliphatic heterocycles. The molecule has 8 heteroatoms. The monoisotopic (exact) mass is 466 g/mol. The molecule has 1 amide bonds. The van der Waals surface area contributed by atoms with Gasteiger partial charge in [0.25, 0.3) is 5.91 Å².